The number of hydrogen-bond acceptors (Lipinski definition) is 1. The Morgan fingerprint density at radius 3 is 2.65 bits per heavy atom. The van der Waals surface area contributed by atoms with E-state index >= 15 is 0 Å². The number of carbonyl (C=O) groups excluding carboxylic acids is 1. The first-order chi connectivity index (χ1) is 9.72. The van der Waals surface area contributed by atoms with Crippen LogP contribution in [0.5, 0.6) is 0 Å². The second kappa shape index (κ2) is 5.92. The molecule has 0 bridgehead atoms. The van der Waals surface area contributed by atoms with Crippen molar-refractivity contribution in [3.63, 3.8) is 0 Å². The van der Waals surface area contributed by atoms with E-state index in [1.807, 2.05) is 24.3 Å². The van der Waals surface area contributed by atoms with Crippen LogP contribution in [-0.4, -0.2) is 5.78 Å². The van der Waals surface area contributed by atoms with Gasteiger partial charge in [-0.25, -0.2) is 0 Å². The van der Waals surface area contributed by atoms with E-state index in [1.54, 1.807) is 0 Å². The third kappa shape index (κ3) is 3.01. The number of aryl methyl sites for hydroxylation is 2. The van der Waals surface area contributed by atoms with Gasteiger partial charge >= 0.3 is 0 Å². The highest BCUT2D eigenvalue weighted by Gasteiger charge is 2.13. The zero-order chi connectivity index (χ0) is 13.9. The van der Waals surface area contributed by atoms with Gasteiger partial charge in [-0.05, 0) is 47.6 Å². The molecule has 0 saturated carbocycles. The van der Waals surface area contributed by atoms with Gasteiger partial charge in [0.2, 0.25) is 0 Å². The molecule has 1 aliphatic rings. The van der Waals surface area contributed by atoms with Crippen LogP contribution in [0.15, 0.2) is 46.9 Å². The van der Waals surface area contributed by atoms with E-state index in [4.69, 9.17) is 0 Å². The average molecular weight is 329 g/mol. The van der Waals surface area contributed by atoms with Gasteiger partial charge in [0.05, 0.1) is 0 Å². The molecule has 0 heterocycles. The first kappa shape index (κ1) is 13.6. The van der Waals surface area contributed by atoms with Crippen molar-refractivity contribution in [1.82, 2.24) is 0 Å². The predicted molar refractivity (Wildman–Crippen MR) is 85.0 cm³/mol. The van der Waals surface area contributed by atoms with Gasteiger partial charge in [-0.2, -0.15) is 0 Å². The summed E-state index contributed by atoms with van der Waals surface area (Å²) in [5, 5.41) is 0. The molecule has 3 rings (SSSR count). The van der Waals surface area contributed by atoms with E-state index in [0.29, 0.717) is 12.8 Å². The van der Waals surface area contributed by atoms with E-state index in [0.717, 1.165) is 15.6 Å². The van der Waals surface area contributed by atoms with Crippen molar-refractivity contribution >= 4 is 21.7 Å². The Balaban J connectivity index is 1.69. The molecule has 0 N–H and O–H groups in total. The Kier molecular flexibility index (Phi) is 4.02. The summed E-state index contributed by atoms with van der Waals surface area (Å²) in [6.07, 6.45) is 4.65. The van der Waals surface area contributed by atoms with E-state index in [2.05, 4.69) is 34.1 Å². The first-order valence-electron chi connectivity index (χ1n) is 7.08. The number of Topliss-reactive ketones (excluding diaryl/α,β-unsaturated/α-hetero) is 1. The quantitative estimate of drug-likeness (QED) is 0.818. The maximum absolute atomic E-state index is 12.2. The fourth-order valence-corrected chi connectivity index (χ4v) is 3.30. The fourth-order valence-electron chi connectivity index (χ4n) is 2.88. The summed E-state index contributed by atoms with van der Waals surface area (Å²) in [7, 11) is 0. The molecular weight excluding hydrogens is 312 g/mol. The van der Waals surface area contributed by atoms with E-state index in [-0.39, 0.29) is 5.78 Å². The molecular formula is C18H17BrO. The van der Waals surface area contributed by atoms with Gasteiger partial charge in [0.15, 0.2) is 0 Å². The van der Waals surface area contributed by atoms with Crippen molar-refractivity contribution in [2.24, 2.45) is 0 Å². The summed E-state index contributed by atoms with van der Waals surface area (Å²) in [6.45, 7) is 0. The minimum atomic E-state index is 0.273. The second-order valence-electron chi connectivity index (χ2n) is 5.44. The Morgan fingerprint density at radius 1 is 1.00 bits per heavy atom. The molecule has 0 spiro atoms. The number of rotatable bonds is 4. The molecule has 0 saturated heterocycles. The minimum Gasteiger partial charge on any atom is -0.299 e. The van der Waals surface area contributed by atoms with Crippen molar-refractivity contribution < 1.29 is 4.79 Å². The van der Waals surface area contributed by atoms with Crippen LogP contribution in [0, 0.1) is 0 Å². The zero-order valence-electron chi connectivity index (χ0n) is 11.4. The van der Waals surface area contributed by atoms with Gasteiger partial charge < -0.3 is 0 Å². The Hall–Kier alpha value is -1.41. The molecule has 20 heavy (non-hydrogen) atoms. The molecule has 0 aromatic heterocycles. The molecule has 0 amide bonds. The normalized spacial score (nSPS) is 13.2. The molecule has 1 nitrogen and oxygen atoms in total. The van der Waals surface area contributed by atoms with Crippen molar-refractivity contribution in [3.05, 3.63) is 69.2 Å². The van der Waals surface area contributed by atoms with Crippen molar-refractivity contribution in [1.29, 1.82) is 0 Å². The molecule has 0 atom stereocenters. The maximum Gasteiger partial charge on any atom is 0.141 e. The largest absolute Gasteiger partial charge is 0.299 e. The highest BCUT2D eigenvalue weighted by Crippen LogP contribution is 2.23. The number of benzene rings is 2. The van der Waals surface area contributed by atoms with Crippen molar-refractivity contribution in [2.45, 2.75) is 32.1 Å². The fraction of sp³-hybridized carbons (Fsp3) is 0.278. The van der Waals surface area contributed by atoms with Gasteiger partial charge in [0.1, 0.15) is 5.78 Å². The highest BCUT2D eigenvalue weighted by atomic mass is 79.9. The Labute approximate surface area is 128 Å². The molecule has 102 valence electrons. The summed E-state index contributed by atoms with van der Waals surface area (Å²) < 4.78 is 1.02. The lowest BCUT2D eigenvalue weighted by Gasteiger charge is -2.06. The second-order valence-corrected chi connectivity index (χ2v) is 6.29. The summed E-state index contributed by atoms with van der Waals surface area (Å²) in [5.41, 5.74) is 5.13. The minimum absolute atomic E-state index is 0.273. The summed E-state index contributed by atoms with van der Waals surface area (Å²) in [6, 6.07) is 14.5. The smallest absolute Gasteiger partial charge is 0.141 e. The van der Waals surface area contributed by atoms with Gasteiger partial charge in [0, 0.05) is 17.3 Å². The number of ketones is 1. The van der Waals surface area contributed by atoms with Crippen LogP contribution in [0.4, 0.5) is 0 Å². The van der Waals surface area contributed by atoms with Gasteiger partial charge in [-0.1, -0.05) is 52.3 Å². The lowest BCUT2D eigenvalue weighted by Crippen LogP contribution is -2.07. The van der Waals surface area contributed by atoms with Gasteiger partial charge in [0.25, 0.3) is 0 Å². The van der Waals surface area contributed by atoms with E-state index < -0.39 is 0 Å². The zero-order valence-corrected chi connectivity index (χ0v) is 12.9. The van der Waals surface area contributed by atoms with Crippen LogP contribution in [0.2, 0.25) is 0 Å². The van der Waals surface area contributed by atoms with Crippen LogP contribution in [-0.2, 0) is 30.5 Å². The predicted octanol–water partition coefficient (Wildman–Crippen LogP) is 4.29. The van der Waals surface area contributed by atoms with Gasteiger partial charge in [-0.3, -0.25) is 4.79 Å². The molecule has 0 radical (unpaired) electrons. The molecule has 2 aromatic carbocycles. The first-order valence-corrected chi connectivity index (χ1v) is 7.87. The van der Waals surface area contributed by atoms with E-state index in [9.17, 15) is 4.79 Å². The summed E-state index contributed by atoms with van der Waals surface area (Å²) in [4.78, 5) is 12.2. The number of carbonyl (C=O) groups is 1. The lowest BCUT2D eigenvalue weighted by atomic mass is 10.00. The maximum atomic E-state index is 12.2. The van der Waals surface area contributed by atoms with Crippen LogP contribution in [0.3, 0.4) is 0 Å². The lowest BCUT2D eigenvalue weighted by molar-refractivity contribution is -0.117. The van der Waals surface area contributed by atoms with Crippen LogP contribution < -0.4 is 0 Å². The standard InChI is InChI=1S/C18H17BrO/c19-18-7-2-1-4-16(18)12-17(20)11-13-8-9-14-5-3-6-15(14)10-13/h1-2,4,7-10H,3,5-6,11-12H2. The van der Waals surface area contributed by atoms with Crippen LogP contribution >= 0.6 is 15.9 Å². The number of fused-ring (bicyclic) bond motifs is 1. The number of hydrogen-bond donors (Lipinski definition) is 0. The molecule has 0 fully saturated rings. The third-order valence-corrected chi connectivity index (χ3v) is 4.68. The third-order valence-electron chi connectivity index (χ3n) is 3.91. The monoisotopic (exact) mass is 328 g/mol. The molecule has 2 aromatic rings. The van der Waals surface area contributed by atoms with Crippen LogP contribution in [0.25, 0.3) is 0 Å². The molecule has 2 heteroatoms. The molecule has 0 aliphatic heterocycles. The highest BCUT2D eigenvalue weighted by molar-refractivity contribution is 9.10. The van der Waals surface area contributed by atoms with Crippen molar-refractivity contribution in [2.75, 3.05) is 0 Å². The number of halogens is 1. The van der Waals surface area contributed by atoms with Crippen LogP contribution in [0.1, 0.15) is 28.7 Å². The summed E-state index contributed by atoms with van der Waals surface area (Å²) in [5.74, 6) is 0.273. The molecule has 0 unspecified atom stereocenters. The Bertz CT molecular complexity index is 646. The summed E-state index contributed by atoms with van der Waals surface area (Å²) >= 11 is 3.50. The topological polar surface area (TPSA) is 17.1 Å². The molecule has 1 aliphatic carbocycles. The SMILES string of the molecule is O=C(Cc1ccc2c(c1)CCC2)Cc1ccccc1Br. The van der Waals surface area contributed by atoms with Crippen molar-refractivity contribution in [3.8, 4) is 0 Å². The Morgan fingerprint density at radius 2 is 1.80 bits per heavy atom. The van der Waals surface area contributed by atoms with E-state index in [1.165, 1.54) is 30.4 Å². The van der Waals surface area contributed by atoms with Gasteiger partial charge in [-0.15, -0.1) is 0 Å². The average Bonchev–Trinajstić information content (AvgIpc) is 2.89.